The number of hydrogen-bond donors (Lipinski definition) is 2. The normalized spacial score (nSPS) is 16.4. The maximum absolute atomic E-state index is 12.3. The molecule has 1 aliphatic carbocycles. The summed E-state index contributed by atoms with van der Waals surface area (Å²) < 4.78 is 31.9. The second-order valence-corrected chi connectivity index (χ2v) is 8.30. The lowest BCUT2D eigenvalue weighted by Gasteiger charge is -2.24. The molecule has 6 nitrogen and oxygen atoms in total. The minimum absolute atomic E-state index is 0.0921. The molecule has 1 fully saturated rings. The zero-order valence-electron chi connectivity index (χ0n) is 12.2. The molecular formula is C13H21ClN2O4S. The molecule has 0 spiro atoms. The molecule has 0 amide bonds. The Morgan fingerprint density at radius 2 is 2.14 bits per heavy atom. The van der Waals surface area contributed by atoms with Crippen LogP contribution in [0.2, 0.25) is 5.02 Å². The lowest BCUT2D eigenvalue weighted by atomic mass is 9.88. The van der Waals surface area contributed by atoms with Gasteiger partial charge in [0.25, 0.3) is 15.1 Å². The summed E-state index contributed by atoms with van der Waals surface area (Å²) in [5.74, 6) is 0.228. The van der Waals surface area contributed by atoms with Crippen molar-refractivity contribution in [2.45, 2.75) is 50.5 Å². The fourth-order valence-corrected chi connectivity index (χ4v) is 3.77. The Bertz CT molecular complexity index is 593. The van der Waals surface area contributed by atoms with Crippen LogP contribution in [-0.2, 0) is 10.0 Å². The number of aromatic nitrogens is 1. The van der Waals surface area contributed by atoms with Crippen molar-refractivity contribution >= 4 is 21.6 Å². The van der Waals surface area contributed by atoms with Crippen LogP contribution in [0.5, 0.6) is 0 Å². The van der Waals surface area contributed by atoms with E-state index in [-0.39, 0.29) is 34.6 Å². The lowest BCUT2D eigenvalue weighted by Crippen LogP contribution is -2.34. The zero-order chi connectivity index (χ0) is 15.7. The van der Waals surface area contributed by atoms with E-state index in [1.807, 2.05) is 13.8 Å². The number of aliphatic hydroxyl groups excluding tert-OH is 1. The summed E-state index contributed by atoms with van der Waals surface area (Å²) in [6, 6.07) is 0. The van der Waals surface area contributed by atoms with Gasteiger partial charge in [-0.3, -0.25) is 0 Å². The molecular weight excluding hydrogens is 316 g/mol. The van der Waals surface area contributed by atoms with E-state index in [0.717, 1.165) is 12.8 Å². The largest absolute Gasteiger partial charge is 0.396 e. The second-order valence-electron chi connectivity index (χ2n) is 6.26. The first-order chi connectivity index (χ1) is 9.77. The minimum Gasteiger partial charge on any atom is -0.396 e. The maximum Gasteiger partial charge on any atom is 0.284 e. The van der Waals surface area contributed by atoms with E-state index in [2.05, 4.69) is 9.88 Å². The SMILES string of the molecule is CC(C)(CCCO)CNS(=O)(=O)c1onc(C2CC2)c1Cl. The van der Waals surface area contributed by atoms with Crippen LogP contribution < -0.4 is 4.72 Å². The Kier molecular flexibility index (Phi) is 4.97. The van der Waals surface area contributed by atoms with Gasteiger partial charge in [0.15, 0.2) is 0 Å². The summed E-state index contributed by atoms with van der Waals surface area (Å²) in [6.45, 7) is 4.20. The molecule has 120 valence electrons. The molecule has 0 atom stereocenters. The van der Waals surface area contributed by atoms with Crippen LogP contribution in [-0.4, -0.2) is 31.8 Å². The van der Waals surface area contributed by atoms with Gasteiger partial charge in [0, 0.05) is 19.1 Å². The molecule has 8 heteroatoms. The van der Waals surface area contributed by atoms with E-state index in [1.165, 1.54) is 0 Å². The Morgan fingerprint density at radius 3 is 2.71 bits per heavy atom. The summed E-state index contributed by atoms with van der Waals surface area (Å²) in [5, 5.41) is 12.4. The van der Waals surface area contributed by atoms with Gasteiger partial charge in [0.2, 0.25) is 0 Å². The fraction of sp³-hybridized carbons (Fsp3) is 0.769. The molecule has 1 heterocycles. The predicted molar refractivity (Wildman–Crippen MR) is 78.8 cm³/mol. The number of aliphatic hydroxyl groups is 1. The van der Waals surface area contributed by atoms with Gasteiger partial charge >= 0.3 is 0 Å². The van der Waals surface area contributed by atoms with E-state index < -0.39 is 10.0 Å². The number of sulfonamides is 1. The molecule has 0 saturated heterocycles. The summed E-state index contributed by atoms with van der Waals surface area (Å²) in [6.07, 6.45) is 3.27. The Labute approximate surface area is 129 Å². The molecule has 0 aliphatic heterocycles. The Morgan fingerprint density at radius 1 is 1.48 bits per heavy atom. The molecule has 0 radical (unpaired) electrons. The van der Waals surface area contributed by atoms with Gasteiger partial charge in [-0.25, -0.2) is 13.1 Å². The molecule has 1 aromatic heterocycles. The van der Waals surface area contributed by atoms with Gasteiger partial charge in [-0.15, -0.1) is 0 Å². The third-order valence-corrected chi connectivity index (χ3v) is 5.36. The molecule has 0 unspecified atom stereocenters. The van der Waals surface area contributed by atoms with Gasteiger partial charge in [-0.1, -0.05) is 30.6 Å². The van der Waals surface area contributed by atoms with Gasteiger partial charge in [0.1, 0.15) is 10.7 Å². The average Bonchev–Trinajstić information content (AvgIpc) is 3.17. The van der Waals surface area contributed by atoms with E-state index in [9.17, 15) is 8.42 Å². The van der Waals surface area contributed by atoms with Crippen LogP contribution >= 0.6 is 11.6 Å². The molecule has 1 saturated carbocycles. The van der Waals surface area contributed by atoms with Crippen LogP contribution in [0.15, 0.2) is 9.62 Å². The molecule has 1 aromatic rings. The third kappa shape index (κ3) is 4.18. The lowest BCUT2D eigenvalue weighted by molar-refractivity contribution is 0.241. The Balaban J connectivity index is 2.05. The zero-order valence-corrected chi connectivity index (χ0v) is 13.8. The Hall–Kier alpha value is -0.630. The van der Waals surface area contributed by atoms with Crippen LogP contribution in [0.25, 0.3) is 0 Å². The first-order valence-corrected chi connectivity index (χ1v) is 8.88. The first-order valence-electron chi connectivity index (χ1n) is 7.02. The number of hydrogen-bond acceptors (Lipinski definition) is 5. The summed E-state index contributed by atoms with van der Waals surface area (Å²) in [4.78, 5) is 0. The van der Waals surface area contributed by atoms with Gasteiger partial charge in [-0.05, 0) is 31.1 Å². The summed E-state index contributed by atoms with van der Waals surface area (Å²) in [5.41, 5.74) is 0.276. The number of nitrogens with zero attached hydrogens (tertiary/aromatic N) is 1. The van der Waals surface area contributed by atoms with Crippen LogP contribution in [0, 0.1) is 5.41 Å². The summed E-state index contributed by atoms with van der Waals surface area (Å²) in [7, 11) is -3.81. The standard InChI is InChI=1S/C13H21ClN2O4S/c1-13(2,6-3-7-17)8-15-21(18,19)12-10(14)11(16-20-12)9-4-5-9/h9,15,17H,3-8H2,1-2H3. The average molecular weight is 337 g/mol. The minimum atomic E-state index is -3.81. The van der Waals surface area contributed by atoms with E-state index in [0.29, 0.717) is 18.5 Å². The van der Waals surface area contributed by atoms with E-state index in [1.54, 1.807) is 0 Å². The van der Waals surface area contributed by atoms with Crippen molar-refractivity contribution in [3.63, 3.8) is 0 Å². The molecule has 21 heavy (non-hydrogen) atoms. The second kappa shape index (κ2) is 6.24. The van der Waals surface area contributed by atoms with Gasteiger partial charge in [-0.2, -0.15) is 0 Å². The molecule has 2 N–H and O–H groups in total. The van der Waals surface area contributed by atoms with Crippen molar-refractivity contribution in [3.8, 4) is 0 Å². The van der Waals surface area contributed by atoms with E-state index >= 15 is 0 Å². The van der Waals surface area contributed by atoms with Crippen molar-refractivity contribution in [2.75, 3.05) is 13.2 Å². The van der Waals surface area contributed by atoms with Crippen LogP contribution in [0.1, 0.15) is 51.1 Å². The monoisotopic (exact) mass is 336 g/mol. The third-order valence-electron chi connectivity index (χ3n) is 3.59. The highest BCUT2D eigenvalue weighted by Crippen LogP contribution is 2.44. The highest BCUT2D eigenvalue weighted by Gasteiger charge is 2.35. The molecule has 0 bridgehead atoms. The highest BCUT2D eigenvalue weighted by atomic mass is 35.5. The number of nitrogens with one attached hydrogen (secondary N) is 1. The number of halogens is 1. The predicted octanol–water partition coefficient (Wildman–Crippen LogP) is 2.28. The van der Waals surface area contributed by atoms with Crippen molar-refractivity contribution in [1.29, 1.82) is 0 Å². The fourth-order valence-electron chi connectivity index (χ4n) is 2.05. The maximum atomic E-state index is 12.3. The van der Waals surface area contributed by atoms with Crippen molar-refractivity contribution < 1.29 is 18.0 Å². The summed E-state index contributed by atoms with van der Waals surface area (Å²) >= 11 is 6.07. The quantitative estimate of drug-likeness (QED) is 0.759. The van der Waals surface area contributed by atoms with Crippen molar-refractivity contribution in [3.05, 3.63) is 10.7 Å². The molecule has 0 aromatic carbocycles. The smallest absolute Gasteiger partial charge is 0.284 e. The van der Waals surface area contributed by atoms with Crippen LogP contribution in [0.3, 0.4) is 0 Å². The topological polar surface area (TPSA) is 92.4 Å². The van der Waals surface area contributed by atoms with Gasteiger partial charge < -0.3 is 9.63 Å². The highest BCUT2D eigenvalue weighted by molar-refractivity contribution is 7.89. The van der Waals surface area contributed by atoms with Crippen molar-refractivity contribution in [2.24, 2.45) is 5.41 Å². The van der Waals surface area contributed by atoms with E-state index in [4.69, 9.17) is 21.2 Å². The van der Waals surface area contributed by atoms with Gasteiger partial charge in [0.05, 0.1) is 0 Å². The van der Waals surface area contributed by atoms with Crippen LogP contribution in [0.4, 0.5) is 0 Å². The first kappa shape index (κ1) is 16.7. The molecule has 2 rings (SSSR count). The van der Waals surface area contributed by atoms with Crippen molar-refractivity contribution in [1.82, 2.24) is 9.88 Å². The molecule has 1 aliphatic rings. The number of rotatable bonds is 8.